The molecule has 0 aliphatic carbocycles. The van der Waals surface area contributed by atoms with Crippen molar-refractivity contribution in [2.75, 3.05) is 6.61 Å². The second-order valence-corrected chi connectivity index (χ2v) is 8.13. The van der Waals surface area contributed by atoms with E-state index in [1.807, 2.05) is 11.8 Å². The monoisotopic (exact) mass is 344 g/mol. The van der Waals surface area contributed by atoms with E-state index in [-0.39, 0.29) is 0 Å². The molecule has 0 spiro atoms. The maximum Gasteiger partial charge on any atom is 0.127 e. The number of hydrogen-bond donors (Lipinski definition) is 0. The summed E-state index contributed by atoms with van der Waals surface area (Å²) in [6.45, 7) is 9.97. The Morgan fingerprint density at radius 2 is 1.62 bits per heavy atom. The van der Waals surface area contributed by atoms with E-state index in [0.29, 0.717) is 11.2 Å². The average Bonchev–Trinajstić information content (AvgIpc) is 2.59. The molecule has 0 amide bonds. The molecule has 2 heteroatoms. The largest absolute Gasteiger partial charge is 0.493 e. The number of benzene rings is 2. The number of ether oxygens (including phenoxy) is 1. The van der Waals surface area contributed by atoms with E-state index < -0.39 is 0 Å². The molecule has 1 unspecified atom stereocenters. The molecule has 0 fully saturated rings. The second-order valence-electron chi connectivity index (χ2n) is 6.85. The van der Waals surface area contributed by atoms with E-state index in [1.165, 1.54) is 41.4 Å². The van der Waals surface area contributed by atoms with Crippen LogP contribution in [0.5, 0.6) is 5.75 Å². The molecular formula is C22H32OS. The molecule has 1 atom stereocenters. The van der Waals surface area contributed by atoms with Crippen molar-refractivity contribution in [3.8, 4) is 5.75 Å². The summed E-state index contributed by atoms with van der Waals surface area (Å²) in [5, 5.41) is 3.26. The molecule has 0 heterocycles. The first-order valence-corrected chi connectivity index (χ1v) is 10.4. The van der Waals surface area contributed by atoms with Crippen LogP contribution < -0.4 is 4.74 Å². The van der Waals surface area contributed by atoms with Crippen LogP contribution >= 0.6 is 11.8 Å². The lowest BCUT2D eigenvalue weighted by Crippen LogP contribution is -2.11. The normalized spacial score (nSPS) is 12.7. The molecule has 0 aliphatic rings. The highest BCUT2D eigenvalue weighted by molar-refractivity contribution is 8.00. The Kier molecular flexibility index (Phi) is 7.98. The van der Waals surface area contributed by atoms with Crippen LogP contribution in [0.2, 0.25) is 0 Å². The van der Waals surface area contributed by atoms with Gasteiger partial charge in [-0.05, 0) is 36.3 Å². The lowest BCUT2D eigenvalue weighted by molar-refractivity contribution is 0.313. The Bertz CT molecular complexity index is 620. The maximum absolute atomic E-state index is 6.02. The van der Waals surface area contributed by atoms with Crippen molar-refractivity contribution in [1.29, 1.82) is 0 Å². The Morgan fingerprint density at radius 1 is 0.917 bits per heavy atom. The van der Waals surface area contributed by atoms with Crippen molar-refractivity contribution in [3.63, 3.8) is 0 Å². The van der Waals surface area contributed by atoms with Crippen molar-refractivity contribution >= 4 is 22.5 Å². The van der Waals surface area contributed by atoms with Gasteiger partial charge in [0.1, 0.15) is 5.75 Å². The molecule has 0 bridgehead atoms. The topological polar surface area (TPSA) is 9.23 Å². The van der Waals surface area contributed by atoms with Gasteiger partial charge in [0.05, 0.1) is 6.61 Å². The highest BCUT2D eigenvalue weighted by Gasteiger charge is 2.16. The summed E-state index contributed by atoms with van der Waals surface area (Å²) >= 11 is 2.05. The zero-order valence-electron chi connectivity index (χ0n) is 15.7. The highest BCUT2D eigenvalue weighted by atomic mass is 32.2. The number of unbranched alkanes of at least 4 members (excludes halogenated alkanes) is 2. The zero-order valence-corrected chi connectivity index (χ0v) is 16.5. The molecule has 1 nitrogen and oxygen atoms in total. The van der Waals surface area contributed by atoms with Crippen molar-refractivity contribution in [2.45, 2.75) is 69.9 Å². The second kappa shape index (κ2) is 9.98. The number of hydrogen-bond acceptors (Lipinski definition) is 2. The molecule has 0 aromatic heterocycles. The first kappa shape index (κ1) is 19.2. The van der Waals surface area contributed by atoms with Crippen molar-refractivity contribution in [2.24, 2.45) is 5.92 Å². The van der Waals surface area contributed by atoms with Crippen LogP contribution in [0.4, 0.5) is 0 Å². The van der Waals surface area contributed by atoms with Crippen LogP contribution in [0.1, 0.15) is 59.8 Å². The van der Waals surface area contributed by atoms with Gasteiger partial charge in [0.25, 0.3) is 0 Å². The van der Waals surface area contributed by atoms with Gasteiger partial charge in [0.2, 0.25) is 0 Å². The minimum absolute atomic E-state index is 0.681. The quantitative estimate of drug-likeness (QED) is 0.330. The first-order valence-electron chi connectivity index (χ1n) is 9.48. The van der Waals surface area contributed by atoms with Crippen molar-refractivity contribution in [1.82, 2.24) is 0 Å². The summed E-state index contributed by atoms with van der Waals surface area (Å²) in [5.74, 6) is 1.72. The van der Waals surface area contributed by atoms with Gasteiger partial charge in [-0.25, -0.2) is 0 Å². The lowest BCUT2D eigenvalue weighted by atomic mass is 10.1. The van der Waals surface area contributed by atoms with Crippen LogP contribution in [-0.2, 0) is 0 Å². The third-order valence-electron chi connectivity index (χ3n) is 4.46. The summed E-state index contributed by atoms with van der Waals surface area (Å²) in [5.41, 5.74) is 0. The molecule has 132 valence electrons. The lowest BCUT2D eigenvalue weighted by Gasteiger charge is -2.21. The van der Waals surface area contributed by atoms with E-state index in [9.17, 15) is 0 Å². The minimum atomic E-state index is 0.681. The summed E-state index contributed by atoms with van der Waals surface area (Å²) in [7, 11) is 0. The molecule has 2 aromatic rings. The Labute approximate surface area is 152 Å². The predicted molar refractivity (Wildman–Crippen MR) is 108 cm³/mol. The Morgan fingerprint density at radius 3 is 2.29 bits per heavy atom. The van der Waals surface area contributed by atoms with E-state index >= 15 is 0 Å². The van der Waals surface area contributed by atoms with E-state index in [4.69, 9.17) is 4.74 Å². The fraction of sp³-hybridized carbons (Fsp3) is 0.545. The van der Waals surface area contributed by atoms with E-state index in [2.05, 4.69) is 64.1 Å². The SMILES string of the molecule is CCCCOc1ccc(SC(CCCC)C(C)C)c2ccccc12. The first-order chi connectivity index (χ1) is 11.7. The Balaban J connectivity index is 2.26. The highest BCUT2D eigenvalue weighted by Crippen LogP contribution is 2.39. The van der Waals surface area contributed by atoms with Gasteiger partial charge in [0.15, 0.2) is 0 Å². The van der Waals surface area contributed by atoms with E-state index in [1.54, 1.807) is 0 Å². The van der Waals surface area contributed by atoms with Crippen molar-refractivity contribution < 1.29 is 4.74 Å². The van der Waals surface area contributed by atoms with Gasteiger partial charge >= 0.3 is 0 Å². The van der Waals surface area contributed by atoms with Crippen LogP contribution in [0.15, 0.2) is 41.3 Å². The molecule has 0 saturated heterocycles. The molecule has 0 saturated carbocycles. The third kappa shape index (κ3) is 5.17. The Hall–Kier alpha value is -1.15. The van der Waals surface area contributed by atoms with Gasteiger partial charge in [-0.2, -0.15) is 0 Å². The minimum Gasteiger partial charge on any atom is -0.493 e. The van der Waals surface area contributed by atoms with E-state index in [0.717, 1.165) is 18.8 Å². The third-order valence-corrected chi connectivity index (χ3v) is 6.16. The van der Waals surface area contributed by atoms with Crippen LogP contribution in [-0.4, -0.2) is 11.9 Å². The molecule has 0 aliphatic heterocycles. The van der Waals surface area contributed by atoms with Gasteiger partial charge < -0.3 is 4.74 Å². The summed E-state index contributed by atoms with van der Waals surface area (Å²) in [4.78, 5) is 1.39. The van der Waals surface area contributed by atoms with Gasteiger partial charge in [-0.1, -0.05) is 71.2 Å². The number of rotatable bonds is 10. The smallest absolute Gasteiger partial charge is 0.127 e. The number of fused-ring (bicyclic) bond motifs is 1. The molecule has 24 heavy (non-hydrogen) atoms. The van der Waals surface area contributed by atoms with Crippen LogP contribution in [0.25, 0.3) is 10.8 Å². The summed E-state index contributed by atoms with van der Waals surface area (Å²) in [6, 6.07) is 13.1. The van der Waals surface area contributed by atoms with Crippen LogP contribution in [0, 0.1) is 5.92 Å². The molecule has 2 aromatic carbocycles. The molecule has 2 rings (SSSR count). The fourth-order valence-electron chi connectivity index (χ4n) is 2.90. The van der Waals surface area contributed by atoms with Gasteiger partial charge in [0, 0.05) is 15.5 Å². The summed E-state index contributed by atoms with van der Waals surface area (Å²) in [6.07, 6.45) is 6.15. The van der Waals surface area contributed by atoms with Gasteiger partial charge in [-0.15, -0.1) is 11.8 Å². The molecule has 0 radical (unpaired) electrons. The average molecular weight is 345 g/mol. The van der Waals surface area contributed by atoms with Crippen molar-refractivity contribution in [3.05, 3.63) is 36.4 Å². The zero-order chi connectivity index (χ0) is 17.4. The molecular weight excluding hydrogens is 312 g/mol. The molecule has 0 N–H and O–H groups in total. The predicted octanol–water partition coefficient (Wildman–Crippen LogP) is 7.33. The standard InChI is InChI=1S/C22H32OS/c1-5-7-13-21(17(3)4)24-22-15-14-20(23-16-8-6-2)18-11-9-10-12-19(18)22/h9-12,14-15,17,21H,5-8,13,16H2,1-4H3. The maximum atomic E-state index is 6.02. The van der Waals surface area contributed by atoms with Gasteiger partial charge in [-0.3, -0.25) is 0 Å². The fourth-order valence-corrected chi connectivity index (χ4v) is 4.23. The number of thioether (sulfide) groups is 1. The van der Waals surface area contributed by atoms with Crippen LogP contribution in [0.3, 0.4) is 0 Å². The summed E-state index contributed by atoms with van der Waals surface area (Å²) < 4.78 is 6.02.